The van der Waals surface area contributed by atoms with E-state index in [1.54, 1.807) is 4.90 Å². The standard InChI is InChI=1S/C27H30N4O4/c32-23-13-12-21(28-23)26(34)29-25-20(18-8-2-1-3-9-18)16-19-10-4-5-11-22(19)31(27(25)35)17-24(33)30-14-6-7-15-30/h1-5,8-11,20-21,25H,6-7,12-17H2,(H,28,32)(H,29,34)/t20-,21+,25+/m1/s1. The zero-order valence-corrected chi connectivity index (χ0v) is 19.6. The van der Waals surface area contributed by atoms with Crippen molar-refractivity contribution in [2.45, 2.75) is 50.1 Å². The molecule has 0 spiro atoms. The summed E-state index contributed by atoms with van der Waals surface area (Å²) in [5.41, 5.74) is 2.59. The molecule has 8 heteroatoms. The van der Waals surface area contributed by atoms with Gasteiger partial charge in [-0.15, -0.1) is 0 Å². The third-order valence-electron chi connectivity index (χ3n) is 7.25. The molecule has 0 saturated carbocycles. The van der Waals surface area contributed by atoms with E-state index in [1.807, 2.05) is 54.6 Å². The fourth-order valence-electron chi connectivity index (χ4n) is 5.36. The van der Waals surface area contributed by atoms with Crippen molar-refractivity contribution in [2.24, 2.45) is 0 Å². The van der Waals surface area contributed by atoms with Gasteiger partial charge in [0.2, 0.25) is 17.7 Å². The molecule has 4 amide bonds. The van der Waals surface area contributed by atoms with E-state index < -0.39 is 12.1 Å². The lowest BCUT2D eigenvalue weighted by molar-refractivity contribution is -0.132. The Balaban J connectivity index is 1.51. The van der Waals surface area contributed by atoms with Crippen LogP contribution in [-0.4, -0.2) is 60.2 Å². The second kappa shape index (κ2) is 9.90. The lowest BCUT2D eigenvalue weighted by Gasteiger charge is -2.30. The quantitative estimate of drug-likeness (QED) is 0.690. The summed E-state index contributed by atoms with van der Waals surface area (Å²) >= 11 is 0. The topological polar surface area (TPSA) is 98.8 Å². The van der Waals surface area contributed by atoms with Gasteiger partial charge in [0.1, 0.15) is 18.6 Å². The van der Waals surface area contributed by atoms with Crippen molar-refractivity contribution in [1.29, 1.82) is 0 Å². The first-order valence-electron chi connectivity index (χ1n) is 12.3. The van der Waals surface area contributed by atoms with Gasteiger partial charge in [-0.2, -0.15) is 0 Å². The number of nitrogens with zero attached hydrogens (tertiary/aromatic N) is 2. The Morgan fingerprint density at radius 3 is 2.40 bits per heavy atom. The fraction of sp³-hybridized carbons (Fsp3) is 0.407. The van der Waals surface area contributed by atoms with Gasteiger partial charge in [-0.25, -0.2) is 0 Å². The molecule has 182 valence electrons. The predicted molar refractivity (Wildman–Crippen MR) is 131 cm³/mol. The Morgan fingerprint density at radius 2 is 1.69 bits per heavy atom. The van der Waals surface area contributed by atoms with Gasteiger partial charge in [0, 0.05) is 31.1 Å². The van der Waals surface area contributed by atoms with E-state index in [0.29, 0.717) is 38.0 Å². The smallest absolute Gasteiger partial charge is 0.250 e. The third-order valence-corrected chi connectivity index (χ3v) is 7.25. The van der Waals surface area contributed by atoms with Crippen molar-refractivity contribution in [3.8, 4) is 0 Å². The molecule has 0 bridgehead atoms. The number of carbonyl (C=O) groups excluding carboxylic acids is 4. The number of carbonyl (C=O) groups is 4. The summed E-state index contributed by atoms with van der Waals surface area (Å²) in [5.74, 6) is -1.25. The first-order valence-corrected chi connectivity index (χ1v) is 12.3. The highest BCUT2D eigenvalue weighted by atomic mass is 16.2. The monoisotopic (exact) mass is 474 g/mol. The van der Waals surface area contributed by atoms with Crippen molar-refractivity contribution < 1.29 is 19.2 Å². The molecule has 2 aromatic rings. The normalized spacial score (nSPS) is 24.1. The molecule has 0 aliphatic carbocycles. The lowest BCUT2D eigenvalue weighted by Crippen LogP contribution is -2.56. The summed E-state index contributed by atoms with van der Waals surface area (Å²) in [7, 11) is 0. The minimum atomic E-state index is -0.874. The van der Waals surface area contributed by atoms with Crippen LogP contribution in [0, 0.1) is 0 Å². The number of para-hydroxylation sites is 1. The van der Waals surface area contributed by atoms with Crippen LogP contribution in [0.25, 0.3) is 0 Å². The number of benzene rings is 2. The van der Waals surface area contributed by atoms with Crippen LogP contribution in [0.5, 0.6) is 0 Å². The van der Waals surface area contributed by atoms with Gasteiger partial charge in [0.25, 0.3) is 5.91 Å². The molecule has 2 aromatic carbocycles. The van der Waals surface area contributed by atoms with Crippen LogP contribution >= 0.6 is 0 Å². The van der Waals surface area contributed by atoms with E-state index in [0.717, 1.165) is 24.0 Å². The zero-order chi connectivity index (χ0) is 24.4. The van der Waals surface area contributed by atoms with Crippen LogP contribution in [0.3, 0.4) is 0 Å². The molecule has 0 aromatic heterocycles. The second-order valence-electron chi connectivity index (χ2n) is 9.51. The molecule has 3 atom stereocenters. The van der Waals surface area contributed by atoms with Crippen molar-refractivity contribution in [1.82, 2.24) is 15.5 Å². The van der Waals surface area contributed by atoms with Crippen LogP contribution < -0.4 is 15.5 Å². The van der Waals surface area contributed by atoms with Crippen molar-refractivity contribution in [2.75, 3.05) is 24.5 Å². The summed E-state index contributed by atoms with van der Waals surface area (Å²) in [6.45, 7) is 1.34. The average molecular weight is 475 g/mol. The fourth-order valence-corrected chi connectivity index (χ4v) is 5.36. The zero-order valence-electron chi connectivity index (χ0n) is 19.6. The van der Waals surface area contributed by atoms with Crippen LogP contribution in [0.15, 0.2) is 54.6 Å². The summed E-state index contributed by atoms with van der Waals surface area (Å²) in [5, 5.41) is 5.65. The van der Waals surface area contributed by atoms with Gasteiger partial charge in [-0.05, 0) is 42.9 Å². The summed E-state index contributed by atoms with van der Waals surface area (Å²) in [6, 6.07) is 15.8. The molecule has 0 radical (unpaired) electrons. The number of likely N-dealkylation sites (tertiary alicyclic amines) is 1. The van der Waals surface area contributed by atoms with Gasteiger partial charge in [0.15, 0.2) is 0 Å². The number of rotatable bonds is 5. The number of amides is 4. The van der Waals surface area contributed by atoms with E-state index >= 15 is 0 Å². The van der Waals surface area contributed by atoms with E-state index in [4.69, 9.17) is 0 Å². The van der Waals surface area contributed by atoms with Crippen molar-refractivity contribution in [3.63, 3.8) is 0 Å². The van der Waals surface area contributed by atoms with Crippen LogP contribution in [0.1, 0.15) is 42.7 Å². The van der Waals surface area contributed by atoms with Gasteiger partial charge in [0.05, 0.1) is 0 Å². The van der Waals surface area contributed by atoms with Gasteiger partial charge < -0.3 is 20.4 Å². The lowest BCUT2D eigenvalue weighted by atomic mass is 9.86. The average Bonchev–Trinajstić information content (AvgIpc) is 3.55. The predicted octanol–water partition coefficient (Wildman–Crippen LogP) is 1.75. The molecule has 2 saturated heterocycles. The van der Waals surface area contributed by atoms with Gasteiger partial charge >= 0.3 is 0 Å². The molecule has 8 nitrogen and oxygen atoms in total. The molecule has 0 unspecified atom stereocenters. The highest BCUT2D eigenvalue weighted by Gasteiger charge is 2.41. The molecule has 3 aliphatic heterocycles. The maximum atomic E-state index is 14.1. The Labute approximate surface area is 204 Å². The van der Waals surface area contributed by atoms with E-state index in [1.165, 1.54) is 4.90 Å². The maximum Gasteiger partial charge on any atom is 0.250 e. The third kappa shape index (κ3) is 4.78. The van der Waals surface area contributed by atoms with Gasteiger partial charge in [-0.3, -0.25) is 19.2 Å². The van der Waals surface area contributed by atoms with E-state index in [9.17, 15) is 19.2 Å². The van der Waals surface area contributed by atoms with Gasteiger partial charge in [-0.1, -0.05) is 48.5 Å². The summed E-state index contributed by atoms with van der Waals surface area (Å²) < 4.78 is 0. The SMILES string of the molecule is O=C1CC[C@@H](C(=O)N[C@@H]2C(=O)N(CC(=O)N3CCCC3)c3ccccc3C[C@@H]2c2ccccc2)N1. The largest absolute Gasteiger partial charge is 0.344 e. The van der Waals surface area contributed by atoms with Crippen molar-refractivity contribution in [3.05, 3.63) is 65.7 Å². The summed E-state index contributed by atoms with van der Waals surface area (Å²) in [4.78, 5) is 55.4. The first-order chi connectivity index (χ1) is 17.0. The minimum Gasteiger partial charge on any atom is -0.344 e. The van der Waals surface area contributed by atoms with E-state index in [-0.39, 0.29) is 36.1 Å². The summed E-state index contributed by atoms with van der Waals surface area (Å²) in [6.07, 6.45) is 3.16. The molecule has 2 fully saturated rings. The number of anilines is 1. The molecular formula is C27H30N4O4. The Bertz CT molecular complexity index is 1130. The first kappa shape index (κ1) is 23.1. The number of hydrogen-bond donors (Lipinski definition) is 2. The highest BCUT2D eigenvalue weighted by molar-refractivity contribution is 6.05. The number of nitrogens with one attached hydrogen (secondary N) is 2. The number of hydrogen-bond acceptors (Lipinski definition) is 4. The molecular weight excluding hydrogens is 444 g/mol. The maximum absolute atomic E-state index is 14.1. The van der Waals surface area contributed by atoms with Crippen LogP contribution in [-0.2, 0) is 25.6 Å². The molecule has 3 aliphatic rings. The minimum absolute atomic E-state index is 0.0656. The van der Waals surface area contributed by atoms with E-state index in [2.05, 4.69) is 10.6 Å². The molecule has 3 heterocycles. The Morgan fingerprint density at radius 1 is 0.971 bits per heavy atom. The molecule has 2 N–H and O–H groups in total. The Hall–Kier alpha value is -3.68. The molecule has 5 rings (SSSR count). The van der Waals surface area contributed by atoms with Crippen molar-refractivity contribution >= 4 is 29.3 Å². The van der Waals surface area contributed by atoms with Crippen LogP contribution in [0.4, 0.5) is 5.69 Å². The highest BCUT2D eigenvalue weighted by Crippen LogP contribution is 2.35. The van der Waals surface area contributed by atoms with Crippen LogP contribution in [0.2, 0.25) is 0 Å². The number of fused-ring (bicyclic) bond motifs is 1. The Kier molecular flexibility index (Phi) is 6.53. The molecule has 35 heavy (non-hydrogen) atoms. The second-order valence-corrected chi connectivity index (χ2v) is 9.51.